The summed E-state index contributed by atoms with van der Waals surface area (Å²) in [7, 11) is -6.91. The zero-order valence-corrected chi connectivity index (χ0v) is 20.2. The van der Waals surface area contributed by atoms with E-state index in [4.69, 9.17) is 0 Å². The van der Waals surface area contributed by atoms with E-state index in [1.807, 2.05) is 0 Å². The molecule has 0 rings (SSSR count). The van der Waals surface area contributed by atoms with Crippen LogP contribution in [-0.2, 0) is 10.1 Å². The molecule has 0 aromatic rings. The molecule has 0 unspecified atom stereocenters. The van der Waals surface area contributed by atoms with Crippen molar-refractivity contribution in [3.8, 4) is 0 Å². The predicted octanol–water partition coefficient (Wildman–Crippen LogP) is 2.82. The molecule has 0 aliphatic heterocycles. The summed E-state index contributed by atoms with van der Waals surface area (Å²) in [6.07, 6.45) is -8.07. The van der Waals surface area contributed by atoms with E-state index in [0.717, 1.165) is 0 Å². The predicted molar refractivity (Wildman–Crippen MR) is 65.1 cm³/mol. The normalized spacial score (nSPS) is 16.5. The van der Waals surface area contributed by atoms with Crippen molar-refractivity contribution in [2.45, 2.75) is 59.5 Å². The molecule has 218 valence electrons. The summed E-state index contributed by atoms with van der Waals surface area (Å²) in [6, 6.07) is 0. The van der Waals surface area contributed by atoms with Crippen molar-refractivity contribution in [1.82, 2.24) is 0 Å². The van der Waals surface area contributed by atoms with E-state index in [9.17, 15) is 105 Å². The van der Waals surface area contributed by atoms with Crippen LogP contribution in [0.4, 0.5) is 92.2 Å². The van der Waals surface area contributed by atoms with E-state index in [1.165, 1.54) is 0 Å². The third kappa shape index (κ3) is 5.52. The Balaban J connectivity index is 0. The van der Waals surface area contributed by atoms with Crippen LogP contribution in [0, 0.1) is 0 Å². The molecule has 3 nitrogen and oxygen atoms in total. The van der Waals surface area contributed by atoms with Crippen molar-refractivity contribution in [2.75, 3.05) is 5.75 Å². The Morgan fingerprint density at radius 2 is 0.595 bits per heavy atom. The van der Waals surface area contributed by atoms with Crippen LogP contribution in [0.15, 0.2) is 0 Å². The van der Waals surface area contributed by atoms with Crippen LogP contribution in [0.2, 0.25) is 0 Å². The zero-order chi connectivity index (χ0) is 30.2. The van der Waals surface area contributed by atoms with E-state index in [2.05, 4.69) is 0 Å². The van der Waals surface area contributed by atoms with E-state index in [0.29, 0.717) is 0 Å². The molecule has 0 spiro atoms. The van der Waals surface area contributed by atoms with E-state index < -0.39 is 75.4 Å². The van der Waals surface area contributed by atoms with Gasteiger partial charge >= 0.3 is 111 Å². The van der Waals surface area contributed by atoms with Crippen molar-refractivity contribution >= 4 is 10.1 Å². The van der Waals surface area contributed by atoms with Gasteiger partial charge in [0.15, 0.2) is 0 Å². The van der Waals surface area contributed by atoms with Gasteiger partial charge in [0.2, 0.25) is 0 Å². The standard InChI is InChI=1S/C11H3F21O3S.K/c12-2(13,1-36(33,34)35)3(14,15)4(16,17)5(18,19)6(20,21)7(22,23)8(24,25)9(26,27)10(28,29)11(30,31)32;/h1H2,(H,33,34,35);/q;+1/p-1. The van der Waals surface area contributed by atoms with Gasteiger partial charge in [-0.2, -0.15) is 92.2 Å². The van der Waals surface area contributed by atoms with Crippen molar-refractivity contribution in [2.24, 2.45) is 0 Å². The van der Waals surface area contributed by atoms with Crippen molar-refractivity contribution in [3.05, 3.63) is 0 Å². The number of hydrogen-bond donors (Lipinski definition) is 0. The summed E-state index contributed by atoms with van der Waals surface area (Å²) in [5, 5.41) is 0. The average molecular weight is 652 g/mol. The van der Waals surface area contributed by atoms with Crippen LogP contribution in [0.5, 0.6) is 0 Å². The summed E-state index contributed by atoms with van der Waals surface area (Å²) >= 11 is 0. The summed E-state index contributed by atoms with van der Waals surface area (Å²) in [4.78, 5) is 0. The maximum absolute atomic E-state index is 13.4. The average Bonchev–Trinajstić information content (AvgIpc) is 2.57. The van der Waals surface area contributed by atoms with E-state index in [1.54, 1.807) is 0 Å². The van der Waals surface area contributed by atoms with Crippen molar-refractivity contribution in [1.29, 1.82) is 0 Å². The first kappa shape index (κ1) is 39.2. The van der Waals surface area contributed by atoms with Crippen LogP contribution in [0.3, 0.4) is 0 Å². The molecule has 0 N–H and O–H groups in total. The fourth-order valence-electron chi connectivity index (χ4n) is 1.90. The van der Waals surface area contributed by atoms with Gasteiger partial charge in [-0.25, -0.2) is 8.42 Å². The first-order chi connectivity index (χ1) is 15.0. The van der Waals surface area contributed by atoms with Gasteiger partial charge in [0.1, 0.15) is 15.9 Å². The Morgan fingerprint density at radius 3 is 0.784 bits per heavy atom. The Labute approximate surface area is 230 Å². The summed E-state index contributed by atoms with van der Waals surface area (Å²) < 4.78 is 302. The molecular formula is C11H2F21KO3S. The zero-order valence-electron chi connectivity index (χ0n) is 16.3. The largest absolute Gasteiger partial charge is 1.00 e. The second kappa shape index (κ2) is 9.87. The summed E-state index contributed by atoms with van der Waals surface area (Å²) in [6.45, 7) is 0. The molecule has 0 radical (unpaired) electrons. The van der Waals surface area contributed by atoms with Gasteiger partial charge in [0.25, 0.3) is 0 Å². The maximum atomic E-state index is 13.4. The first-order valence-corrected chi connectivity index (χ1v) is 8.94. The van der Waals surface area contributed by atoms with Crippen LogP contribution in [-0.4, -0.2) is 78.2 Å². The van der Waals surface area contributed by atoms with E-state index >= 15 is 0 Å². The maximum Gasteiger partial charge on any atom is 1.00 e. The first-order valence-electron chi connectivity index (χ1n) is 7.36. The van der Waals surface area contributed by atoms with Crippen LogP contribution in [0.1, 0.15) is 0 Å². The van der Waals surface area contributed by atoms with Crippen LogP contribution in [0.25, 0.3) is 0 Å². The second-order valence-electron chi connectivity index (χ2n) is 6.50. The van der Waals surface area contributed by atoms with Crippen molar-refractivity contribution in [3.63, 3.8) is 0 Å². The molecule has 0 fully saturated rings. The Morgan fingerprint density at radius 1 is 0.405 bits per heavy atom. The number of halogens is 21. The summed E-state index contributed by atoms with van der Waals surface area (Å²) in [5.74, 6) is -83.6. The Hall–Kier alpha value is 0.0764. The van der Waals surface area contributed by atoms with Gasteiger partial charge in [-0.3, -0.25) is 0 Å². The topological polar surface area (TPSA) is 57.2 Å². The SMILES string of the molecule is O=S(=O)([O-])CC(F)(F)C(F)(F)C(F)(F)C(F)(F)C(F)(F)C(F)(F)C(F)(F)C(F)(F)C(F)(F)C(F)(F)F.[K+]. The minimum atomic E-state index is -9.33. The number of alkyl halides is 21. The summed E-state index contributed by atoms with van der Waals surface area (Å²) in [5.41, 5.74) is 0. The molecule has 0 aliphatic rings. The van der Waals surface area contributed by atoms with Gasteiger partial charge in [0, 0.05) is 0 Å². The fraction of sp³-hybridized carbons (Fsp3) is 1.00. The molecule has 0 aromatic carbocycles. The number of rotatable bonds is 10. The molecule has 0 amide bonds. The monoisotopic (exact) mass is 652 g/mol. The van der Waals surface area contributed by atoms with Gasteiger partial charge in [0.05, 0.1) is 0 Å². The molecule has 26 heteroatoms. The molecule has 0 atom stereocenters. The molecule has 0 saturated carbocycles. The fourth-order valence-corrected chi connectivity index (χ4v) is 2.53. The van der Waals surface area contributed by atoms with Crippen LogP contribution < -0.4 is 51.4 Å². The van der Waals surface area contributed by atoms with Crippen LogP contribution >= 0.6 is 0 Å². The van der Waals surface area contributed by atoms with E-state index in [-0.39, 0.29) is 51.4 Å². The third-order valence-electron chi connectivity index (χ3n) is 3.93. The Kier molecular flexibility index (Phi) is 10.5. The van der Waals surface area contributed by atoms with Gasteiger partial charge in [-0.05, 0) is 0 Å². The van der Waals surface area contributed by atoms with Gasteiger partial charge in [-0.1, -0.05) is 0 Å². The smallest absolute Gasteiger partial charge is 0.748 e. The Bertz CT molecular complexity index is 936. The van der Waals surface area contributed by atoms with Crippen molar-refractivity contribution < 1.29 is 157 Å². The third-order valence-corrected chi connectivity index (χ3v) is 4.65. The molecule has 0 heterocycles. The molecule has 0 aromatic heterocycles. The minimum Gasteiger partial charge on any atom is -0.748 e. The molecular weight excluding hydrogens is 650 g/mol. The molecule has 0 saturated heterocycles. The molecule has 0 aliphatic carbocycles. The number of hydrogen-bond acceptors (Lipinski definition) is 3. The van der Waals surface area contributed by atoms with Gasteiger partial charge < -0.3 is 4.55 Å². The van der Waals surface area contributed by atoms with Gasteiger partial charge in [-0.15, -0.1) is 0 Å². The second-order valence-corrected chi connectivity index (χ2v) is 7.90. The molecule has 37 heavy (non-hydrogen) atoms. The minimum absolute atomic E-state index is 0. The molecule has 0 bridgehead atoms. The quantitative estimate of drug-likeness (QED) is 0.208.